The van der Waals surface area contributed by atoms with Crippen LogP contribution in [-0.2, 0) is 4.79 Å². The van der Waals surface area contributed by atoms with Crippen LogP contribution >= 0.6 is 15.9 Å². The van der Waals surface area contributed by atoms with E-state index in [4.69, 9.17) is 0 Å². The molecule has 0 aromatic heterocycles. The summed E-state index contributed by atoms with van der Waals surface area (Å²) in [5.41, 5.74) is 1.09. The molecule has 5 heteroatoms. The number of anilines is 1. The SMILES string of the molecule is Cc1cc(N2CC(O)CC2=O)c(F)cc1Br. The van der Waals surface area contributed by atoms with Gasteiger partial charge in [-0.1, -0.05) is 15.9 Å². The summed E-state index contributed by atoms with van der Waals surface area (Å²) in [5.74, 6) is -0.701. The third kappa shape index (κ3) is 1.97. The molecule has 1 fully saturated rings. The summed E-state index contributed by atoms with van der Waals surface area (Å²) < 4.78 is 14.3. The Balaban J connectivity index is 2.41. The molecular weight excluding hydrogens is 277 g/mol. The van der Waals surface area contributed by atoms with Crippen LogP contribution in [0.15, 0.2) is 16.6 Å². The highest BCUT2D eigenvalue weighted by molar-refractivity contribution is 9.10. The van der Waals surface area contributed by atoms with Gasteiger partial charge in [0.15, 0.2) is 0 Å². The van der Waals surface area contributed by atoms with Crippen LogP contribution in [0.2, 0.25) is 0 Å². The monoisotopic (exact) mass is 287 g/mol. The molecule has 1 aliphatic heterocycles. The van der Waals surface area contributed by atoms with Gasteiger partial charge in [-0.3, -0.25) is 4.79 Å². The summed E-state index contributed by atoms with van der Waals surface area (Å²) in [5, 5.41) is 9.35. The van der Waals surface area contributed by atoms with E-state index in [9.17, 15) is 14.3 Å². The van der Waals surface area contributed by atoms with Gasteiger partial charge in [0, 0.05) is 4.47 Å². The standard InChI is InChI=1S/C11H11BrFNO2/c1-6-2-10(9(13)4-8(6)12)14-5-7(15)3-11(14)16/h2,4,7,15H,3,5H2,1H3. The number of aryl methyl sites for hydroxylation is 1. The second-order valence-electron chi connectivity index (χ2n) is 3.92. The minimum absolute atomic E-state index is 0.0640. The molecule has 3 nitrogen and oxygen atoms in total. The molecule has 1 amide bonds. The number of carbonyl (C=O) groups is 1. The predicted octanol–water partition coefficient (Wildman–Crippen LogP) is 1.99. The van der Waals surface area contributed by atoms with Crippen molar-refractivity contribution in [3.05, 3.63) is 28.0 Å². The van der Waals surface area contributed by atoms with E-state index in [-0.39, 0.29) is 24.6 Å². The van der Waals surface area contributed by atoms with E-state index in [0.717, 1.165) is 5.56 Å². The highest BCUT2D eigenvalue weighted by Crippen LogP contribution is 2.29. The molecule has 0 bridgehead atoms. The van der Waals surface area contributed by atoms with Gasteiger partial charge in [0.2, 0.25) is 5.91 Å². The summed E-state index contributed by atoms with van der Waals surface area (Å²) in [6, 6.07) is 2.94. The zero-order valence-electron chi connectivity index (χ0n) is 8.70. The minimum atomic E-state index is -0.698. The van der Waals surface area contributed by atoms with E-state index < -0.39 is 11.9 Å². The normalized spacial score (nSPS) is 20.6. The highest BCUT2D eigenvalue weighted by Gasteiger charge is 2.30. The van der Waals surface area contributed by atoms with E-state index in [1.165, 1.54) is 11.0 Å². The average molecular weight is 288 g/mol. The van der Waals surface area contributed by atoms with Crippen molar-refractivity contribution in [3.63, 3.8) is 0 Å². The molecule has 1 saturated heterocycles. The van der Waals surface area contributed by atoms with Crippen LogP contribution in [0.5, 0.6) is 0 Å². The number of aliphatic hydroxyl groups is 1. The summed E-state index contributed by atoms with van der Waals surface area (Å²) in [6.45, 7) is 1.99. The second-order valence-corrected chi connectivity index (χ2v) is 4.77. The smallest absolute Gasteiger partial charge is 0.229 e. The number of halogens is 2. The van der Waals surface area contributed by atoms with E-state index in [0.29, 0.717) is 4.47 Å². The van der Waals surface area contributed by atoms with Crippen LogP contribution in [-0.4, -0.2) is 23.7 Å². The maximum atomic E-state index is 13.7. The van der Waals surface area contributed by atoms with Crippen LogP contribution in [0.25, 0.3) is 0 Å². The number of hydrogen-bond acceptors (Lipinski definition) is 2. The molecule has 1 N–H and O–H groups in total. The van der Waals surface area contributed by atoms with Crippen molar-refractivity contribution in [3.8, 4) is 0 Å². The second kappa shape index (κ2) is 4.14. The maximum absolute atomic E-state index is 13.7. The van der Waals surface area contributed by atoms with E-state index in [1.807, 2.05) is 6.92 Å². The lowest BCUT2D eigenvalue weighted by Crippen LogP contribution is -2.26. The number of hydrogen-bond donors (Lipinski definition) is 1. The van der Waals surface area contributed by atoms with Gasteiger partial charge >= 0.3 is 0 Å². The first-order valence-corrected chi connectivity index (χ1v) is 5.72. The fourth-order valence-corrected chi connectivity index (χ4v) is 2.09. The lowest BCUT2D eigenvalue weighted by molar-refractivity contribution is -0.117. The van der Waals surface area contributed by atoms with Gasteiger partial charge in [-0.15, -0.1) is 0 Å². The first-order chi connectivity index (χ1) is 7.49. The third-order valence-corrected chi connectivity index (χ3v) is 3.48. The first kappa shape index (κ1) is 11.5. The molecule has 1 unspecified atom stereocenters. The predicted molar refractivity (Wildman–Crippen MR) is 61.8 cm³/mol. The lowest BCUT2D eigenvalue weighted by Gasteiger charge is -2.17. The molecule has 0 radical (unpaired) electrons. The van der Waals surface area contributed by atoms with Gasteiger partial charge in [0.25, 0.3) is 0 Å². The van der Waals surface area contributed by atoms with Crippen molar-refractivity contribution in [1.82, 2.24) is 0 Å². The van der Waals surface area contributed by atoms with Gasteiger partial charge in [-0.05, 0) is 24.6 Å². The first-order valence-electron chi connectivity index (χ1n) is 4.93. The molecule has 1 aromatic rings. The largest absolute Gasteiger partial charge is 0.391 e. The molecule has 16 heavy (non-hydrogen) atoms. The van der Waals surface area contributed by atoms with Crippen LogP contribution in [0.1, 0.15) is 12.0 Å². The van der Waals surface area contributed by atoms with Gasteiger partial charge < -0.3 is 10.0 Å². The molecule has 1 aliphatic rings. The molecular formula is C11H11BrFNO2. The Labute approximate surface area is 101 Å². The van der Waals surface area contributed by atoms with E-state index in [2.05, 4.69) is 15.9 Å². The zero-order chi connectivity index (χ0) is 11.9. The Morgan fingerprint density at radius 3 is 2.81 bits per heavy atom. The number of aliphatic hydroxyl groups excluding tert-OH is 1. The Kier molecular flexibility index (Phi) is 2.99. The molecule has 0 aliphatic carbocycles. The molecule has 1 aromatic carbocycles. The summed E-state index contributed by atoms with van der Waals surface area (Å²) in [4.78, 5) is 12.8. The summed E-state index contributed by atoms with van der Waals surface area (Å²) in [7, 11) is 0. The topological polar surface area (TPSA) is 40.5 Å². The van der Waals surface area contributed by atoms with Crippen LogP contribution < -0.4 is 4.90 Å². The van der Waals surface area contributed by atoms with Gasteiger partial charge in [0.1, 0.15) is 5.82 Å². The third-order valence-electron chi connectivity index (χ3n) is 2.62. The Hall–Kier alpha value is -0.940. The number of benzene rings is 1. The number of carbonyl (C=O) groups excluding carboxylic acids is 1. The van der Waals surface area contributed by atoms with Crippen molar-refractivity contribution >= 4 is 27.5 Å². The Morgan fingerprint density at radius 2 is 2.25 bits per heavy atom. The summed E-state index contributed by atoms with van der Waals surface area (Å²) >= 11 is 3.22. The Morgan fingerprint density at radius 1 is 1.56 bits per heavy atom. The van der Waals surface area contributed by atoms with Gasteiger partial charge in [0.05, 0.1) is 24.8 Å². The van der Waals surface area contributed by atoms with Crippen molar-refractivity contribution in [1.29, 1.82) is 0 Å². The van der Waals surface area contributed by atoms with E-state index in [1.54, 1.807) is 6.07 Å². The summed E-state index contributed by atoms with van der Waals surface area (Å²) in [6.07, 6.45) is -0.634. The van der Waals surface area contributed by atoms with E-state index >= 15 is 0 Å². The molecule has 2 rings (SSSR count). The highest BCUT2D eigenvalue weighted by atomic mass is 79.9. The van der Waals surface area contributed by atoms with Crippen molar-refractivity contribution < 1.29 is 14.3 Å². The molecule has 1 atom stereocenters. The fraction of sp³-hybridized carbons (Fsp3) is 0.364. The number of rotatable bonds is 1. The number of nitrogens with zero attached hydrogens (tertiary/aromatic N) is 1. The Bertz CT molecular complexity index is 450. The van der Waals surface area contributed by atoms with Crippen molar-refractivity contribution in [2.45, 2.75) is 19.4 Å². The number of amides is 1. The molecule has 1 heterocycles. The van der Waals surface area contributed by atoms with Gasteiger partial charge in [-0.25, -0.2) is 4.39 Å². The molecule has 86 valence electrons. The van der Waals surface area contributed by atoms with Crippen molar-refractivity contribution in [2.75, 3.05) is 11.4 Å². The van der Waals surface area contributed by atoms with Crippen LogP contribution in [0.3, 0.4) is 0 Å². The fourth-order valence-electron chi connectivity index (χ4n) is 1.77. The van der Waals surface area contributed by atoms with Crippen LogP contribution in [0, 0.1) is 12.7 Å². The average Bonchev–Trinajstić information content (AvgIpc) is 2.51. The van der Waals surface area contributed by atoms with Crippen molar-refractivity contribution in [2.24, 2.45) is 0 Å². The maximum Gasteiger partial charge on any atom is 0.229 e. The molecule has 0 spiro atoms. The van der Waals surface area contributed by atoms with Gasteiger partial charge in [-0.2, -0.15) is 0 Å². The minimum Gasteiger partial charge on any atom is -0.391 e. The zero-order valence-corrected chi connectivity index (χ0v) is 10.3. The van der Waals surface area contributed by atoms with Crippen LogP contribution in [0.4, 0.5) is 10.1 Å². The lowest BCUT2D eigenvalue weighted by atomic mass is 10.2. The molecule has 0 saturated carbocycles. The number of β-amino-alcohol motifs (C(OH)–C–C–N with tert-alkyl or cyclic N) is 1. The quantitative estimate of drug-likeness (QED) is 0.858.